The highest BCUT2D eigenvalue weighted by atomic mass is 16.2. The molecular weight excluding hydrogens is 200 g/mol. The lowest BCUT2D eigenvalue weighted by Crippen LogP contribution is -2.35. The van der Waals surface area contributed by atoms with Crippen LogP contribution in [0.25, 0.3) is 0 Å². The molecule has 0 unspecified atom stereocenters. The van der Waals surface area contributed by atoms with Crippen LogP contribution in [0, 0.1) is 0 Å². The Morgan fingerprint density at radius 2 is 1.94 bits per heavy atom. The lowest BCUT2D eigenvalue weighted by atomic mass is 10.0. The number of benzene rings is 1. The number of hydrogen-bond donors (Lipinski definition) is 1. The number of urea groups is 1. The Bertz CT molecular complexity index is 423. The van der Waals surface area contributed by atoms with Crippen LogP contribution in [0.4, 0.5) is 4.79 Å². The van der Waals surface area contributed by atoms with Gasteiger partial charge in [0, 0.05) is 5.70 Å². The molecule has 1 aliphatic heterocycles. The van der Waals surface area contributed by atoms with Crippen LogP contribution in [-0.2, 0) is 6.54 Å². The number of nitrogens with one attached hydrogen (secondary N) is 1. The van der Waals surface area contributed by atoms with Gasteiger partial charge in [-0.1, -0.05) is 36.9 Å². The summed E-state index contributed by atoms with van der Waals surface area (Å²) >= 11 is 0. The van der Waals surface area contributed by atoms with E-state index in [1.807, 2.05) is 44.2 Å². The average molecular weight is 216 g/mol. The zero-order valence-corrected chi connectivity index (χ0v) is 9.66. The standard InChI is InChI=1S/C13H16N2O/c1-10-13(2,3)14-12(16)15(10)9-11-7-5-4-6-8-11/h4-8H,1,9H2,2-3H3,(H,14,16). The summed E-state index contributed by atoms with van der Waals surface area (Å²) in [6.07, 6.45) is 0. The smallest absolute Gasteiger partial charge is 0.322 e. The van der Waals surface area contributed by atoms with Crippen molar-refractivity contribution in [3.63, 3.8) is 0 Å². The van der Waals surface area contributed by atoms with Crippen molar-refractivity contribution >= 4 is 6.03 Å². The van der Waals surface area contributed by atoms with Crippen LogP contribution in [0.3, 0.4) is 0 Å². The van der Waals surface area contributed by atoms with Crippen molar-refractivity contribution in [3.8, 4) is 0 Å². The molecule has 1 saturated heterocycles. The Hall–Kier alpha value is -1.77. The lowest BCUT2D eigenvalue weighted by Gasteiger charge is -2.21. The average Bonchev–Trinajstić information content (AvgIpc) is 2.42. The highest BCUT2D eigenvalue weighted by Crippen LogP contribution is 2.27. The van der Waals surface area contributed by atoms with Gasteiger partial charge in [0.05, 0.1) is 12.1 Å². The van der Waals surface area contributed by atoms with Crippen molar-refractivity contribution in [3.05, 3.63) is 48.2 Å². The summed E-state index contributed by atoms with van der Waals surface area (Å²) in [4.78, 5) is 13.4. The van der Waals surface area contributed by atoms with E-state index in [1.54, 1.807) is 4.90 Å². The summed E-state index contributed by atoms with van der Waals surface area (Å²) in [5.74, 6) is 0. The number of carbonyl (C=O) groups excluding carboxylic acids is 1. The van der Waals surface area contributed by atoms with Crippen LogP contribution in [0.2, 0.25) is 0 Å². The SMILES string of the molecule is C=C1N(Cc2ccccc2)C(=O)NC1(C)C. The van der Waals surface area contributed by atoms with Crippen molar-refractivity contribution < 1.29 is 4.79 Å². The van der Waals surface area contributed by atoms with Crippen LogP contribution < -0.4 is 5.32 Å². The van der Waals surface area contributed by atoms with E-state index in [0.717, 1.165) is 11.3 Å². The minimum atomic E-state index is -0.341. The van der Waals surface area contributed by atoms with Gasteiger partial charge in [0.15, 0.2) is 0 Å². The molecule has 1 heterocycles. The third-order valence-electron chi connectivity index (χ3n) is 2.90. The fourth-order valence-electron chi connectivity index (χ4n) is 1.80. The van der Waals surface area contributed by atoms with Gasteiger partial charge in [-0.2, -0.15) is 0 Å². The third kappa shape index (κ3) is 1.81. The number of rotatable bonds is 2. The fraction of sp³-hybridized carbons (Fsp3) is 0.308. The first kappa shape index (κ1) is 10.7. The molecule has 0 aromatic heterocycles. The van der Waals surface area contributed by atoms with Crippen molar-refractivity contribution in [1.82, 2.24) is 10.2 Å². The van der Waals surface area contributed by atoms with Crippen molar-refractivity contribution in [1.29, 1.82) is 0 Å². The minimum absolute atomic E-state index is 0.0705. The number of carbonyl (C=O) groups is 1. The molecule has 0 radical (unpaired) electrons. The third-order valence-corrected chi connectivity index (χ3v) is 2.90. The summed E-state index contributed by atoms with van der Waals surface area (Å²) in [6.45, 7) is 8.47. The van der Waals surface area contributed by atoms with Gasteiger partial charge < -0.3 is 5.32 Å². The van der Waals surface area contributed by atoms with Gasteiger partial charge in [-0.3, -0.25) is 4.90 Å². The quantitative estimate of drug-likeness (QED) is 0.809. The summed E-state index contributed by atoms with van der Waals surface area (Å²) < 4.78 is 0. The molecule has 0 saturated carbocycles. The van der Waals surface area contributed by atoms with Gasteiger partial charge in [0.1, 0.15) is 0 Å². The normalized spacial score (nSPS) is 18.8. The van der Waals surface area contributed by atoms with Crippen LogP contribution >= 0.6 is 0 Å². The molecule has 84 valence electrons. The van der Waals surface area contributed by atoms with Gasteiger partial charge >= 0.3 is 6.03 Å². The summed E-state index contributed by atoms with van der Waals surface area (Å²) in [6, 6.07) is 9.84. The van der Waals surface area contributed by atoms with Gasteiger partial charge in [0.2, 0.25) is 0 Å². The fourth-order valence-corrected chi connectivity index (χ4v) is 1.80. The predicted octanol–water partition coefficient (Wildman–Crippen LogP) is 2.50. The maximum Gasteiger partial charge on any atom is 0.322 e. The lowest BCUT2D eigenvalue weighted by molar-refractivity contribution is 0.221. The zero-order chi connectivity index (χ0) is 11.8. The molecule has 1 fully saturated rings. The van der Waals surface area contributed by atoms with E-state index in [0.29, 0.717) is 6.54 Å². The summed E-state index contributed by atoms with van der Waals surface area (Å²) in [5.41, 5.74) is 1.59. The van der Waals surface area contributed by atoms with Crippen molar-refractivity contribution in [2.24, 2.45) is 0 Å². The Morgan fingerprint density at radius 3 is 2.44 bits per heavy atom. The first-order valence-electron chi connectivity index (χ1n) is 5.34. The molecule has 1 N–H and O–H groups in total. The first-order valence-corrected chi connectivity index (χ1v) is 5.34. The number of amides is 2. The van der Waals surface area contributed by atoms with Gasteiger partial charge in [-0.25, -0.2) is 4.79 Å². The minimum Gasteiger partial charge on any atom is -0.327 e. The highest BCUT2D eigenvalue weighted by molar-refractivity contribution is 5.81. The predicted molar refractivity (Wildman–Crippen MR) is 63.7 cm³/mol. The molecule has 0 spiro atoms. The molecule has 3 nitrogen and oxygen atoms in total. The Labute approximate surface area is 95.8 Å². The molecule has 0 atom stereocenters. The second kappa shape index (κ2) is 3.67. The molecule has 16 heavy (non-hydrogen) atoms. The first-order chi connectivity index (χ1) is 7.50. The van der Waals surface area contributed by atoms with Crippen molar-refractivity contribution in [2.45, 2.75) is 25.9 Å². The van der Waals surface area contributed by atoms with Crippen LogP contribution in [0.1, 0.15) is 19.4 Å². The molecule has 0 bridgehead atoms. The zero-order valence-electron chi connectivity index (χ0n) is 9.66. The Kier molecular flexibility index (Phi) is 2.46. The molecule has 1 aliphatic rings. The van der Waals surface area contributed by atoms with E-state index < -0.39 is 0 Å². The Morgan fingerprint density at radius 1 is 1.31 bits per heavy atom. The molecule has 0 aliphatic carbocycles. The summed E-state index contributed by atoms with van der Waals surface area (Å²) in [7, 11) is 0. The second-order valence-corrected chi connectivity index (χ2v) is 4.57. The Balaban J connectivity index is 2.18. The summed E-state index contributed by atoms with van der Waals surface area (Å²) in [5, 5.41) is 2.90. The maximum atomic E-state index is 11.8. The molecule has 2 amide bonds. The molecule has 1 aromatic rings. The maximum absolute atomic E-state index is 11.8. The number of nitrogens with zero attached hydrogens (tertiary/aromatic N) is 1. The van der Waals surface area contributed by atoms with E-state index >= 15 is 0 Å². The van der Waals surface area contributed by atoms with Gasteiger partial charge in [0.25, 0.3) is 0 Å². The van der Waals surface area contributed by atoms with Crippen LogP contribution in [0.15, 0.2) is 42.6 Å². The molecule has 2 rings (SSSR count). The van der Waals surface area contributed by atoms with E-state index in [4.69, 9.17) is 0 Å². The van der Waals surface area contributed by atoms with E-state index in [2.05, 4.69) is 11.9 Å². The van der Waals surface area contributed by atoms with Gasteiger partial charge in [-0.15, -0.1) is 0 Å². The molecule has 3 heteroatoms. The largest absolute Gasteiger partial charge is 0.327 e. The van der Waals surface area contributed by atoms with Crippen LogP contribution in [0.5, 0.6) is 0 Å². The van der Waals surface area contributed by atoms with E-state index in [9.17, 15) is 4.79 Å². The van der Waals surface area contributed by atoms with Crippen molar-refractivity contribution in [2.75, 3.05) is 0 Å². The highest BCUT2D eigenvalue weighted by Gasteiger charge is 2.38. The topological polar surface area (TPSA) is 32.3 Å². The van der Waals surface area contributed by atoms with E-state index in [-0.39, 0.29) is 11.6 Å². The number of hydrogen-bond acceptors (Lipinski definition) is 1. The second-order valence-electron chi connectivity index (χ2n) is 4.57. The van der Waals surface area contributed by atoms with Gasteiger partial charge in [-0.05, 0) is 19.4 Å². The van der Waals surface area contributed by atoms with Crippen LogP contribution in [-0.4, -0.2) is 16.5 Å². The molecular formula is C13H16N2O. The molecule has 1 aromatic carbocycles. The van der Waals surface area contributed by atoms with E-state index in [1.165, 1.54) is 0 Å². The monoisotopic (exact) mass is 216 g/mol.